The van der Waals surface area contributed by atoms with Gasteiger partial charge in [-0.2, -0.15) is 0 Å². The van der Waals surface area contributed by atoms with Gasteiger partial charge in [-0.3, -0.25) is 9.13 Å². The number of benzene rings is 2. The van der Waals surface area contributed by atoms with Crippen LogP contribution in [-0.2, 0) is 20.6 Å². The van der Waals surface area contributed by atoms with Gasteiger partial charge in [-0.05, 0) is 48.2 Å². The number of nitrogens with zero attached hydrogens (tertiary/aromatic N) is 2. The van der Waals surface area contributed by atoms with Crippen molar-refractivity contribution in [1.29, 1.82) is 0 Å². The highest BCUT2D eigenvalue weighted by atomic mass is 16.5. The van der Waals surface area contributed by atoms with Crippen LogP contribution in [0.5, 0.6) is 5.75 Å². The van der Waals surface area contributed by atoms with Crippen LogP contribution in [0.2, 0.25) is 0 Å². The van der Waals surface area contributed by atoms with Crippen molar-refractivity contribution in [3.63, 3.8) is 0 Å². The Morgan fingerprint density at radius 3 is 2.52 bits per heavy atom. The van der Waals surface area contributed by atoms with Gasteiger partial charge in [-0.15, -0.1) is 0 Å². The van der Waals surface area contributed by atoms with Gasteiger partial charge in [0.2, 0.25) is 0 Å². The fraction of sp³-hybridized carbons (Fsp3) is 0.381. The van der Waals surface area contributed by atoms with Gasteiger partial charge >= 0.3 is 5.69 Å². The lowest BCUT2D eigenvalue weighted by Crippen LogP contribution is -2.19. The molecule has 6 heteroatoms. The minimum atomic E-state index is -0.763. The summed E-state index contributed by atoms with van der Waals surface area (Å²) in [7, 11) is 3.48. The molecule has 1 heterocycles. The fourth-order valence-electron chi connectivity index (χ4n) is 3.26. The first kappa shape index (κ1) is 17.8. The molecule has 0 spiro atoms. The average Bonchev–Trinajstić information content (AvgIpc) is 3.50. The highest BCUT2D eigenvalue weighted by Crippen LogP contribution is 2.22. The van der Waals surface area contributed by atoms with Crippen molar-refractivity contribution in [3.05, 3.63) is 64.1 Å². The van der Waals surface area contributed by atoms with E-state index in [1.54, 1.807) is 23.2 Å². The summed E-state index contributed by atoms with van der Waals surface area (Å²) in [5.74, 6) is 0.734. The molecule has 2 N–H and O–H groups in total. The van der Waals surface area contributed by atoms with Crippen LogP contribution in [0.15, 0.2) is 47.3 Å². The Balaban J connectivity index is 1.40. The third kappa shape index (κ3) is 3.77. The van der Waals surface area contributed by atoms with Gasteiger partial charge in [-0.1, -0.05) is 18.2 Å². The molecule has 27 heavy (non-hydrogen) atoms. The van der Waals surface area contributed by atoms with Crippen molar-refractivity contribution in [2.24, 2.45) is 14.1 Å². The molecule has 142 valence electrons. The largest absolute Gasteiger partial charge is 0.491 e. The van der Waals surface area contributed by atoms with E-state index in [-0.39, 0.29) is 12.3 Å². The highest BCUT2D eigenvalue weighted by molar-refractivity contribution is 5.76. The molecule has 0 aliphatic heterocycles. The first-order valence-corrected chi connectivity index (χ1v) is 9.31. The lowest BCUT2D eigenvalue weighted by molar-refractivity contribution is 0.108. The van der Waals surface area contributed by atoms with Gasteiger partial charge in [0.05, 0.1) is 11.0 Å². The van der Waals surface area contributed by atoms with E-state index in [9.17, 15) is 9.90 Å². The molecule has 1 atom stereocenters. The third-order valence-corrected chi connectivity index (χ3v) is 5.18. The Morgan fingerprint density at radius 2 is 1.81 bits per heavy atom. The van der Waals surface area contributed by atoms with Gasteiger partial charge in [0, 0.05) is 26.7 Å². The van der Waals surface area contributed by atoms with Crippen LogP contribution in [0.25, 0.3) is 11.0 Å². The Hall–Kier alpha value is -2.57. The van der Waals surface area contributed by atoms with Gasteiger partial charge in [0.25, 0.3) is 0 Å². The number of nitrogens with one attached hydrogen (secondary N) is 1. The van der Waals surface area contributed by atoms with E-state index in [1.807, 2.05) is 42.5 Å². The van der Waals surface area contributed by atoms with E-state index in [4.69, 9.17) is 4.74 Å². The molecule has 1 saturated carbocycles. The molecule has 4 rings (SSSR count). The van der Waals surface area contributed by atoms with Gasteiger partial charge in [0.1, 0.15) is 18.5 Å². The van der Waals surface area contributed by atoms with Gasteiger partial charge in [-0.25, -0.2) is 4.79 Å². The molecular weight excluding hydrogens is 342 g/mol. The lowest BCUT2D eigenvalue weighted by Gasteiger charge is -2.13. The summed E-state index contributed by atoms with van der Waals surface area (Å²) < 4.78 is 8.93. The molecule has 0 saturated heterocycles. The molecule has 3 aromatic rings. The van der Waals surface area contributed by atoms with Crippen LogP contribution < -0.4 is 15.7 Å². The summed E-state index contributed by atoms with van der Waals surface area (Å²) in [6.07, 6.45) is 1.80. The zero-order valence-electron chi connectivity index (χ0n) is 15.7. The molecule has 0 bridgehead atoms. The monoisotopic (exact) mass is 367 g/mol. The van der Waals surface area contributed by atoms with E-state index >= 15 is 0 Å². The number of imidazole rings is 1. The maximum atomic E-state index is 12.0. The van der Waals surface area contributed by atoms with Crippen LogP contribution in [0.3, 0.4) is 0 Å². The molecule has 0 radical (unpaired) electrons. The number of aliphatic hydroxyl groups is 1. The van der Waals surface area contributed by atoms with Crippen LogP contribution in [-0.4, -0.2) is 26.9 Å². The van der Waals surface area contributed by atoms with Crippen molar-refractivity contribution < 1.29 is 9.84 Å². The first-order chi connectivity index (χ1) is 13.0. The topological polar surface area (TPSA) is 68.4 Å². The normalized spacial score (nSPS) is 15.2. The maximum Gasteiger partial charge on any atom is 0.328 e. The standard InChI is InChI=1S/C21H25N3O3/c1-23-18-10-5-15(11-19(18)24(2)21(23)26)20(25)13-27-17-8-3-14(4-9-17)12-22-16-6-7-16/h3-5,8-11,16,20,22,25H,6-7,12-13H2,1-2H3/t20-/m0/s1. The zero-order chi connectivity index (χ0) is 19.0. The average molecular weight is 367 g/mol. The summed E-state index contributed by atoms with van der Waals surface area (Å²) in [5.41, 5.74) is 3.52. The maximum absolute atomic E-state index is 12.0. The number of aliphatic hydroxyl groups excluding tert-OH is 1. The summed E-state index contributed by atoms with van der Waals surface area (Å²) in [6, 6.07) is 14.2. The number of hydrogen-bond donors (Lipinski definition) is 2. The summed E-state index contributed by atoms with van der Waals surface area (Å²) in [6.45, 7) is 1.04. The van der Waals surface area contributed by atoms with Crippen molar-refractivity contribution in [3.8, 4) is 5.75 Å². The zero-order valence-corrected chi connectivity index (χ0v) is 15.7. The van der Waals surface area contributed by atoms with Gasteiger partial charge in [0.15, 0.2) is 0 Å². The van der Waals surface area contributed by atoms with E-state index < -0.39 is 6.10 Å². The highest BCUT2D eigenvalue weighted by Gasteiger charge is 2.19. The molecule has 1 aromatic heterocycles. The predicted octanol–water partition coefficient (Wildman–Crippen LogP) is 2.24. The third-order valence-electron chi connectivity index (χ3n) is 5.18. The van der Waals surface area contributed by atoms with Crippen molar-refractivity contribution in [2.45, 2.75) is 31.5 Å². The SMILES string of the molecule is Cn1c(=O)n(C)c2cc([C@@H](O)COc3ccc(CNC4CC4)cc3)ccc21. The van der Waals surface area contributed by atoms with Crippen LogP contribution in [0.1, 0.15) is 30.1 Å². The second-order valence-electron chi connectivity index (χ2n) is 7.27. The smallest absolute Gasteiger partial charge is 0.328 e. The van der Waals surface area contributed by atoms with Crippen LogP contribution in [0, 0.1) is 0 Å². The molecular formula is C21H25N3O3. The Kier molecular flexibility index (Phi) is 4.76. The molecule has 0 unspecified atom stereocenters. The predicted molar refractivity (Wildman–Crippen MR) is 105 cm³/mol. The summed E-state index contributed by atoms with van der Waals surface area (Å²) in [4.78, 5) is 12.0. The number of aryl methyl sites for hydroxylation is 2. The molecule has 6 nitrogen and oxygen atoms in total. The minimum absolute atomic E-state index is 0.0795. The van der Waals surface area contributed by atoms with Crippen molar-refractivity contribution in [1.82, 2.24) is 14.5 Å². The van der Waals surface area contributed by atoms with Crippen molar-refractivity contribution in [2.75, 3.05) is 6.61 Å². The Bertz CT molecular complexity index is 1000. The van der Waals surface area contributed by atoms with Gasteiger partial charge < -0.3 is 15.2 Å². The second-order valence-corrected chi connectivity index (χ2v) is 7.27. The van der Waals surface area contributed by atoms with E-state index in [0.717, 1.165) is 28.9 Å². The Morgan fingerprint density at radius 1 is 1.11 bits per heavy atom. The summed E-state index contributed by atoms with van der Waals surface area (Å²) in [5, 5.41) is 14.0. The number of rotatable bonds is 7. The number of fused-ring (bicyclic) bond motifs is 1. The first-order valence-electron chi connectivity index (χ1n) is 9.31. The van der Waals surface area contributed by atoms with Crippen molar-refractivity contribution >= 4 is 11.0 Å². The van der Waals surface area contributed by atoms with Crippen LogP contribution in [0.4, 0.5) is 0 Å². The number of hydrogen-bond acceptors (Lipinski definition) is 4. The molecule has 1 aliphatic rings. The lowest BCUT2D eigenvalue weighted by atomic mass is 10.1. The fourth-order valence-corrected chi connectivity index (χ4v) is 3.26. The number of ether oxygens (including phenoxy) is 1. The second kappa shape index (κ2) is 7.21. The quantitative estimate of drug-likeness (QED) is 0.672. The number of aromatic nitrogens is 2. The van der Waals surface area contributed by atoms with E-state index in [1.165, 1.54) is 18.4 Å². The molecule has 0 amide bonds. The summed E-state index contributed by atoms with van der Waals surface area (Å²) >= 11 is 0. The van der Waals surface area contributed by atoms with Crippen LogP contribution >= 0.6 is 0 Å². The molecule has 1 aliphatic carbocycles. The van der Waals surface area contributed by atoms with E-state index in [0.29, 0.717) is 6.04 Å². The minimum Gasteiger partial charge on any atom is -0.491 e. The Labute approximate surface area is 158 Å². The molecule has 1 fully saturated rings. The molecule has 2 aromatic carbocycles. The van der Waals surface area contributed by atoms with E-state index in [2.05, 4.69) is 5.32 Å².